The van der Waals surface area contributed by atoms with Crippen LogP contribution in [0.25, 0.3) is 0 Å². The molecule has 43 heavy (non-hydrogen) atoms. The van der Waals surface area contributed by atoms with E-state index >= 15 is 0 Å². The van der Waals surface area contributed by atoms with Crippen LogP contribution in [0, 0.1) is 17.8 Å². The van der Waals surface area contributed by atoms with Gasteiger partial charge >= 0.3 is 11.9 Å². The number of ether oxygens (including phenoxy) is 1. The second kappa shape index (κ2) is 20.2. The maximum atomic E-state index is 12.0. The molecule has 0 aliphatic heterocycles. The number of allylic oxidation sites excluding steroid dienone is 11. The Morgan fingerprint density at radius 3 is 2.16 bits per heavy atom. The highest BCUT2D eigenvalue weighted by Gasteiger charge is 2.35. The van der Waals surface area contributed by atoms with Gasteiger partial charge in [0.1, 0.15) is 12.2 Å². The Hall–Kier alpha value is -2.79. The number of hydrogen-bond acceptors (Lipinski definition) is 8. The number of hydrogen-bond donors (Lipinski definition) is 6. The first kappa shape index (κ1) is 38.2. The zero-order chi connectivity index (χ0) is 32.5. The van der Waals surface area contributed by atoms with Crippen LogP contribution in [0.4, 0.5) is 0 Å². The van der Waals surface area contributed by atoms with E-state index in [1.807, 2.05) is 26.8 Å². The molecule has 1 aliphatic carbocycles. The molecule has 0 spiro atoms. The van der Waals surface area contributed by atoms with Crippen LogP contribution >= 0.6 is 11.6 Å². The fourth-order valence-corrected chi connectivity index (χ4v) is 4.39. The van der Waals surface area contributed by atoms with Crippen molar-refractivity contribution >= 4 is 23.5 Å². The third-order valence-corrected chi connectivity index (χ3v) is 7.39. The zero-order valence-electron chi connectivity index (χ0n) is 25.2. The smallest absolute Gasteiger partial charge is 0.331 e. The number of aliphatic hydroxyl groups is 5. The van der Waals surface area contributed by atoms with Crippen LogP contribution < -0.4 is 0 Å². The molecule has 1 fully saturated rings. The van der Waals surface area contributed by atoms with E-state index in [4.69, 9.17) is 21.4 Å². The van der Waals surface area contributed by atoms with Crippen LogP contribution in [-0.4, -0.2) is 79.2 Å². The largest absolute Gasteiger partial charge is 0.481 e. The molecule has 1 saturated carbocycles. The monoisotopic (exact) mass is 622 g/mol. The third-order valence-electron chi connectivity index (χ3n) is 6.92. The first-order valence-electron chi connectivity index (χ1n) is 14.5. The molecule has 0 unspecified atom stereocenters. The van der Waals surface area contributed by atoms with Gasteiger partial charge < -0.3 is 35.4 Å². The molecule has 9 nitrogen and oxygen atoms in total. The van der Waals surface area contributed by atoms with Crippen molar-refractivity contribution in [1.29, 1.82) is 0 Å². The molecule has 8 atom stereocenters. The molecule has 0 bridgehead atoms. The van der Waals surface area contributed by atoms with Crippen LogP contribution in [0.15, 0.2) is 83.5 Å². The molecule has 0 heterocycles. The van der Waals surface area contributed by atoms with Crippen LogP contribution in [-0.2, 0) is 14.3 Å². The maximum Gasteiger partial charge on any atom is 0.331 e. The number of carbonyl (C=O) groups is 2. The van der Waals surface area contributed by atoms with Crippen molar-refractivity contribution in [3.63, 3.8) is 0 Å². The molecule has 0 aromatic heterocycles. The van der Waals surface area contributed by atoms with Crippen molar-refractivity contribution in [3.8, 4) is 0 Å². The molecule has 0 amide bonds. The van der Waals surface area contributed by atoms with E-state index in [1.165, 1.54) is 18.2 Å². The molecule has 6 N–H and O–H groups in total. The van der Waals surface area contributed by atoms with Crippen molar-refractivity contribution in [3.05, 3.63) is 83.5 Å². The van der Waals surface area contributed by atoms with Crippen molar-refractivity contribution in [2.45, 2.75) is 90.0 Å². The van der Waals surface area contributed by atoms with E-state index < -0.39 is 60.4 Å². The molecule has 1 aliphatic rings. The number of carbonyl (C=O) groups excluding carboxylic acids is 1. The Morgan fingerprint density at radius 1 is 0.884 bits per heavy atom. The number of carboxylic acid groups (broad SMARTS) is 1. The van der Waals surface area contributed by atoms with Gasteiger partial charge in [0, 0.05) is 29.9 Å². The summed E-state index contributed by atoms with van der Waals surface area (Å²) in [5, 5.41) is 60.6. The van der Waals surface area contributed by atoms with E-state index in [2.05, 4.69) is 0 Å². The minimum absolute atomic E-state index is 0.0811. The predicted octanol–water partition coefficient (Wildman–Crippen LogP) is 4.12. The van der Waals surface area contributed by atoms with Crippen molar-refractivity contribution in [1.82, 2.24) is 0 Å². The summed E-state index contributed by atoms with van der Waals surface area (Å²) in [6, 6.07) is 0. The van der Waals surface area contributed by atoms with Gasteiger partial charge in [-0.1, -0.05) is 98.7 Å². The van der Waals surface area contributed by atoms with Crippen molar-refractivity contribution in [2.24, 2.45) is 17.8 Å². The summed E-state index contributed by atoms with van der Waals surface area (Å²) in [6.45, 7) is 7.48. The van der Waals surface area contributed by atoms with E-state index in [9.17, 15) is 35.1 Å². The highest BCUT2D eigenvalue weighted by molar-refractivity contribution is 6.30. The summed E-state index contributed by atoms with van der Waals surface area (Å²) in [6.07, 6.45) is 13.2. The number of aliphatic carboxylic acids is 1. The Balaban J connectivity index is 2.57. The van der Waals surface area contributed by atoms with Gasteiger partial charge in [-0.15, -0.1) is 0 Å². The van der Waals surface area contributed by atoms with E-state index in [0.717, 1.165) is 5.57 Å². The van der Waals surface area contributed by atoms with Crippen LogP contribution in [0.1, 0.15) is 53.4 Å². The molecule has 240 valence electrons. The summed E-state index contributed by atoms with van der Waals surface area (Å²) in [5.41, 5.74) is 0.838. The summed E-state index contributed by atoms with van der Waals surface area (Å²) in [5.74, 6) is -2.59. The summed E-state index contributed by atoms with van der Waals surface area (Å²) in [7, 11) is 0. The molecule has 0 aromatic rings. The van der Waals surface area contributed by atoms with Gasteiger partial charge in [0.2, 0.25) is 0 Å². The number of rotatable bonds is 16. The van der Waals surface area contributed by atoms with Gasteiger partial charge in [-0.25, -0.2) is 4.79 Å². The molecule has 10 heteroatoms. The van der Waals surface area contributed by atoms with E-state index in [-0.39, 0.29) is 24.3 Å². The minimum atomic E-state index is -1.51. The van der Waals surface area contributed by atoms with Gasteiger partial charge in [0.05, 0.1) is 30.3 Å². The lowest BCUT2D eigenvalue weighted by Crippen LogP contribution is -2.42. The molecule has 0 radical (unpaired) electrons. The zero-order valence-corrected chi connectivity index (χ0v) is 26.0. The molecular formula is C33H47ClO9. The number of halogens is 1. The number of aliphatic hydroxyl groups excluding tert-OH is 5. The Labute approximate surface area is 259 Å². The quantitative estimate of drug-likeness (QED) is 0.0844. The highest BCUT2D eigenvalue weighted by atomic mass is 35.5. The Bertz CT molecular complexity index is 1090. The molecule has 0 aromatic carbocycles. The predicted molar refractivity (Wildman–Crippen MR) is 167 cm³/mol. The lowest BCUT2D eigenvalue weighted by atomic mass is 9.85. The van der Waals surface area contributed by atoms with Crippen LogP contribution in [0.3, 0.4) is 0 Å². The summed E-state index contributed by atoms with van der Waals surface area (Å²) < 4.78 is 5.22. The SMILES string of the molecule is CC(/C=C/C=C/C(=O)O[C@@H]1C[C@@H](C(=O)O)CC[C@@H]1O)=C\C=C\C=C(/Cl)[C@@H](C)[C@@H](O)[C@H](O)[C@H](O)C[C@@H](O)/C=C/C=C/C(C)C. The summed E-state index contributed by atoms with van der Waals surface area (Å²) >= 11 is 6.30. The van der Waals surface area contributed by atoms with E-state index in [1.54, 1.807) is 55.5 Å². The van der Waals surface area contributed by atoms with E-state index in [0.29, 0.717) is 12.3 Å². The fraction of sp³-hybridized carbons (Fsp3) is 0.515. The van der Waals surface area contributed by atoms with Crippen molar-refractivity contribution in [2.75, 3.05) is 0 Å². The number of carboxylic acids is 1. The number of esters is 1. The second-order valence-corrected chi connectivity index (χ2v) is 11.5. The van der Waals surface area contributed by atoms with Gasteiger partial charge in [-0.2, -0.15) is 0 Å². The lowest BCUT2D eigenvalue weighted by molar-refractivity contribution is -0.159. The fourth-order valence-electron chi connectivity index (χ4n) is 4.19. The molecule has 0 saturated heterocycles. The first-order valence-corrected chi connectivity index (χ1v) is 14.8. The highest BCUT2D eigenvalue weighted by Crippen LogP contribution is 2.27. The molecule has 1 rings (SSSR count). The normalized spacial score (nSPS) is 24.4. The average molecular weight is 623 g/mol. The van der Waals surface area contributed by atoms with Crippen LogP contribution in [0.2, 0.25) is 0 Å². The summed E-state index contributed by atoms with van der Waals surface area (Å²) in [4.78, 5) is 23.2. The Kier molecular flexibility index (Phi) is 18.0. The third kappa shape index (κ3) is 15.5. The Morgan fingerprint density at radius 2 is 1.51 bits per heavy atom. The van der Waals surface area contributed by atoms with Gasteiger partial charge in [0.15, 0.2) is 0 Å². The lowest BCUT2D eigenvalue weighted by Gasteiger charge is -2.30. The van der Waals surface area contributed by atoms with Gasteiger partial charge in [-0.05, 0) is 31.8 Å². The molecular weight excluding hydrogens is 576 g/mol. The second-order valence-electron chi connectivity index (χ2n) is 11.1. The van der Waals surface area contributed by atoms with Crippen LogP contribution in [0.5, 0.6) is 0 Å². The standard InChI is InChI=1S/C33H47ClO9/c1-21(2)11-5-8-14-25(35)20-28(37)32(40)31(39)23(4)26(34)15-9-6-12-22(3)13-7-10-16-30(38)43-29-19-24(33(41)42)17-18-27(29)36/h5-16,21,23-25,27-29,31-32,35-37,39-40H,17-20H2,1-4H3,(H,41,42)/b9-6+,11-5+,13-7+,14-8+,16-10+,22-12+,26-15-/t23-,24+,25+,27+,28-,29-,31-,32-/m1/s1. The topological polar surface area (TPSA) is 165 Å². The van der Waals surface area contributed by atoms with Gasteiger partial charge in [-0.3, -0.25) is 4.79 Å². The maximum absolute atomic E-state index is 12.0. The first-order chi connectivity index (χ1) is 20.2. The van der Waals surface area contributed by atoms with Crippen molar-refractivity contribution < 1.29 is 45.0 Å². The minimum Gasteiger partial charge on any atom is -0.481 e. The average Bonchev–Trinajstić information content (AvgIpc) is 2.95. The van der Waals surface area contributed by atoms with Gasteiger partial charge in [0.25, 0.3) is 0 Å².